The summed E-state index contributed by atoms with van der Waals surface area (Å²) >= 11 is -1.60. The van der Waals surface area contributed by atoms with Gasteiger partial charge in [-0.25, -0.2) is 0 Å². The van der Waals surface area contributed by atoms with Gasteiger partial charge in [0.15, 0.2) is 0 Å². The van der Waals surface area contributed by atoms with E-state index in [2.05, 4.69) is 51.5 Å². The van der Waals surface area contributed by atoms with E-state index in [-0.39, 0.29) is 11.1 Å². The Labute approximate surface area is 175 Å². The third kappa shape index (κ3) is 20.1. The molecule has 0 N–H and O–H groups in total. The predicted octanol–water partition coefficient (Wildman–Crippen LogP) is 4.52. The van der Waals surface area contributed by atoms with Crippen molar-refractivity contribution >= 4 is 11.9 Å². The maximum absolute atomic E-state index is 10.1. The fourth-order valence-electron chi connectivity index (χ4n) is 1.54. The van der Waals surface area contributed by atoms with Crippen molar-refractivity contribution in [1.82, 2.24) is 0 Å². The van der Waals surface area contributed by atoms with Gasteiger partial charge in [-0.15, -0.1) is 0 Å². The van der Waals surface area contributed by atoms with Gasteiger partial charge in [-0.2, -0.15) is 0 Å². The van der Waals surface area contributed by atoms with E-state index < -0.39 is 26.0 Å². The molecule has 1 aliphatic carbocycles. The average Bonchev–Trinajstić information content (AvgIpc) is 3.22. The molecule has 0 bridgehead atoms. The summed E-state index contributed by atoms with van der Waals surface area (Å²) in [5.41, 5.74) is 12.4. The molecule has 0 saturated heterocycles. The molecule has 5 heteroatoms. The molecule has 0 spiro atoms. The van der Waals surface area contributed by atoms with E-state index in [1.807, 2.05) is 0 Å². The Morgan fingerprint density at radius 3 is 1.07 bits per heavy atom. The van der Waals surface area contributed by atoms with Crippen LogP contribution in [0.3, 0.4) is 0 Å². The first-order valence-corrected chi connectivity index (χ1v) is 20.6. The minimum atomic E-state index is -1.60. The van der Waals surface area contributed by atoms with E-state index in [0.717, 1.165) is 6.42 Å². The molecule has 0 aliphatic heterocycles. The molecule has 3 rings (SSSR count). The van der Waals surface area contributed by atoms with Crippen LogP contribution in [0.5, 0.6) is 0 Å². The molecule has 2 aromatic carbocycles. The maximum atomic E-state index is 10.1. The van der Waals surface area contributed by atoms with Crippen LogP contribution < -0.4 is 10.2 Å². The number of carbonyl (C=O) groups is 2. The molecule has 0 radical (unpaired) electrons. The van der Waals surface area contributed by atoms with Crippen LogP contribution in [-0.4, -0.2) is 11.9 Å². The molecule has 0 unspecified atom stereocenters. The van der Waals surface area contributed by atoms with E-state index in [1.165, 1.54) is 24.3 Å². The van der Waals surface area contributed by atoms with Crippen molar-refractivity contribution in [3.8, 4) is 0 Å². The Morgan fingerprint density at radius 2 is 0.931 bits per heavy atom. The molecule has 0 amide bonds. The topological polar surface area (TPSA) is 80.3 Å². The molecular weight excluding hydrogens is 544 g/mol. The zero-order valence-electron chi connectivity index (χ0n) is 17.8. The zero-order valence-corrected chi connectivity index (χ0v) is 20.2. The van der Waals surface area contributed by atoms with E-state index in [9.17, 15) is 19.8 Å². The summed E-state index contributed by atoms with van der Waals surface area (Å²) in [6.45, 7) is 0. The van der Waals surface area contributed by atoms with Crippen molar-refractivity contribution in [3.05, 3.63) is 96.1 Å². The Bertz CT molecular complexity index is 723. The monoisotopic (exact) mass is 576 g/mol. The van der Waals surface area contributed by atoms with Crippen molar-refractivity contribution in [1.29, 1.82) is 0 Å². The summed E-state index contributed by atoms with van der Waals surface area (Å²) in [5.74, 6) is -2.26. The van der Waals surface area contributed by atoms with Crippen LogP contribution in [0.2, 0.25) is 27.2 Å². The Hall–Kier alpha value is -2.49. The molecule has 0 heterocycles. The molecule has 0 aromatic heterocycles. The van der Waals surface area contributed by atoms with Gasteiger partial charge in [-0.1, -0.05) is 85.0 Å². The number of hydrogen-bond acceptors (Lipinski definition) is 4. The van der Waals surface area contributed by atoms with Crippen LogP contribution >= 0.6 is 0 Å². The van der Waals surface area contributed by atoms with E-state index in [1.54, 1.807) is 36.4 Å². The Balaban J connectivity index is 0.000000371. The SMILES string of the molecule is C1=CCC=C1.O=C([O-])c1ccccc1.O=C([O-])c1ccccc1.[CH3][Ir+2]([CH3])([CH3])([CH3])[CH3]. The summed E-state index contributed by atoms with van der Waals surface area (Å²) in [7, 11) is 0. The minimum absolute atomic E-state index is 0.220. The van der Waals surface area contributed by atoms with Crippen molar-refractivity contribution < 1.29 is 33.9 Å². The average molecular weight is 576 g/mol. The second kappa shape index (κ2) is 12.9. The second-order valence-electron chi connectivity index (χ2n) is 7.73. The third-order valence-corrected chi connectivity index (χ3v) is 2.67. The van der Waals surface area contributed by atoms with Gasteiger partial charge in [-0.05, 0) is 17.5 Å². The van der Waals surface area contributed by atoms with Gasteiger partial charge < -0.3 is 19.8 Å². The van der Waals surface area contributed by atoms with Crippen LogP contribution in [0, 0.1) is 0 Å². The van der Waals surface area contributed by atoms with Crippen molar-refractivity contribution in [2.75, 3.05) is 0 Å². The molecular formula is C24H31IrO4. The standard InChI is InChI=1S/2C7H6O2.C5H6.5CH3.Ir/c2*8-7(9)6-4-2-1-3-5-6;1-2-4-5-3-1;;;;;;/h2*1-5H,(H,8,9);1-4H,5H2;5*1H3;/q;;;;;;;;+2/p-2. The summed E-state index contributed by atoms with van der Waals surface area (Å²) in [5, 5.41) is 20.2. The molecule has 29 heavy (non-hydrogen) atoms. The quantitative estimate of drug-likeness (QED) is 0.528. The number of benzene rings is 2. The van der Waals surface area contributed by atoms with E-state index >= 15 is 0 Å². The van der Waals surface area contributed by atoms with Crippen LogP contribution in [0.1, 0.15) is 27.1 Å². The zero-order chi connectivity index (χ0) is 22.4. The first-order valence-electron chi connectivity index (χ1n) is 8.62. The number of allylic oxidation sites excluding steroid dienone is 4. The van der Waals surface area contributed by atoms with Crippen LogP contribution in [-0.2, 0) is 14.1 Å². The summed E-state index contributed by atoms with van der Waals surface area (Å²) in [6.07, 6.45) is 9.50. The third-order valence-electron chi connectivity index (χ3n) is 2.67. The number of aromatic carboxylic acids is 2. The van der Waals surface area contributed by atoms with Gasteiger partial charge in [0, 0.05) is 0 Å². The molecule has 0 saturated carbocycles. The second-order valence-corrected chi connectivity index (χ2v) is 31.7. The van der Waals surface area contributed by atoms with E-state index in [0.29, 0.717) is 0 Å². The van der Waals surface area contributed by atoms with Crippen LogP contribution in [0.25, 0.3) is 0 Å². The molecule has 0 atom stereocenters. The van der Waals surface area contributed by atoms with Gasteiger partial charge in [0.25, 0.3) is 0 Å². The van der Waals surface area contributed by atoms with Crippen molar-refractivity contribution in [2.45, 2.75) is 33.6 Å². The van der Waals surface area contributed by atoms with Crippen molar-refractivity contribution in [3.63, 3.8) is 0 Å². The molecule has 2 aromatic rings. The van der Waals surface area contributed by atoms with Crippen LogP contribution in [0.4, 0.5) is 0 Å². The Kier molecular flexibility index (Phi) is 11.8. The fraction of sp³-hybridized carbons (Fsp3) is 0.250. The fourth-order valence-corrected chi connectivity index (χ4v) is 1.54. The predicted molar refractivity (Wildman–Crippen MR) is 114 cm³/mol. The van der Waals surface area contributed by atoms with Gasteiger partial charge >= 0.3 is 41.3 Å². The summed E-state index contributed by atoms with van der Waals surface area (Å²) < 4.78 is 0. The van der Waals surface area contributed by atoms with Gasteiger partial charge in [0.2, 0.25) is 0 Å². The number of rotatable bonds is 2. The normalized spacial score (nSPS) is 12.5. The molecule has 0 fully saturated rings. The number of hydrogen-bond donors (Lipinski definition) is 0. The van der Waals surface area contributed by atoms with Gasteiger partial charge in [0.1, 0.15) is 0 Å². The molecule has 1 aliphatic rings. The Morgan fingerprint density at radius 1 is 0.655 bits per heavy atom. The summed E-state index contributed by atoms with van der Waals surface area (Å²) in [6, 6.07) is 16.1. The molecule has 4 nitrogen and oxygen atoms in total. The number of carbonyl (C=O) groups excluding carboxylic acids is 2. The van der Waals surface area contributed by atoms with Gasteiger partial charge in [0.05, 0.1) is 11.9 Å². The first-order chi connectivity index (χ1) is 13.3. The van der Waals surface area contributed by atoms with Gasteiger partial charge in [-0.3, -0.25) is 0 Å². The number of carboxylic acids is 2. The van der Waals surface area contributed by atoms with Crippen molar-refractivity contribution in [2.24, 2.45) is 0 Å². The van der Waals surface area contributed by atoms with Crippen LogP contribution in [0.15, 0.2) is 85.0 Å². The summed E-state index contributed by atoms with van der Waals surface area (Å²) in [4.78, 5) is 20.2. The number of carboxylic acid groups (broad SMARTS) is 2. The molecule has 160 valence electrons. The van der Waals surface area contributed by atoms with E-state index in [4.69, 9.17) is 0 Å². The first kappa shape index (κ1) is 26.5.